The van der Waals surface area contributed by atoms with Gasteiger partial charge in [0.25, 0.3) is 5.56 Å². The van der Waals surface area contributed by atoms with E-state index >= 15 is 0 Å². The van der Waals surface area contributed by atoms with Crippen LogP contribution in [0.5, 0.6) is 0 Å². The highest BCUT2D eigenvalue weighted by molar-refractivity contribution is 5.24. The SMILES string of the molecule is CO[C@@H]1O[C@H](COCCNc2nc(C)cc(=O)[nH]2)[C@@H](O)[C@H]1O. The number of anilines is 1. The summed E-state index contributed by atoms with van der Waals surface area (Å²) in [7, 11) is 1.39. The van der Waals surface area contributed by atoms with Gasteiger partial charge < -0.3 is 29.7 Å². The van der Waals surface area contributed by atoms with Crippen LogP contribution in [0.3, 0.4) is 0 Å². The first-order valence-corrected chi connectivity index (χ1v) is 6.95. The van der Waals surface area contributed by atoms with Crippen molar-refractivity contribution in [1.82, 2.24) is 9.97 Å². The number of ether oxygens (including phenoxy) is 3. The van der Waals surface area contributed by atoms with Crippen molar-refractivity contribution in [3.63, 3.8) is 0 Å². The van der Waals surface area contributed by atoms with Gasteiger partial charge in [-0.15, -0.1) is 0 Å². The second-order valence-corrected chi connectivity index (χ2v) is 5.00. The molecule has 22 heavy (non-hydrogen) atoms. The summed E-state index contributed by atoms with van der Waals surface area (Å²) in [5, 5.41) is 22.3. The molecule has 1 aromatic rings. The summed E-state index contributed by atoms with van der Waals surface area (Å²) in [6.45, 7) is 2.59. The van der Waals surface area contributed by atoms with E-state index in [1.54, 1.807) is 6.92 Å². The summed E-state index contributed by atoms with van der Waals surface area (Å²) in [5.41, 5.74) is 0.396. The number of hydrogen-bond donors (Lipinski definition) is 4. The molecule has 2 rings (SSSR count). The van der Waals surface area contributed by atoms with Crippen molar-refractivity contribution in [3.05, 3.63) is 22.1 Å². The summed E-state index contributed by atoms with van der Waals surface area (Å²) in [6.07, 6.45) is -3.62. The van der Waals surface area contributed by atoms with Gasteiger partial charge in [0.15, 0.2) is 6.29 Å². The second kappa shape index (κ2) is 7.65. The fraction of sp³-hybridized carbons (Fsp3) is 0.692. The molecule has 0 amide bonds. The number of aryl methyl sites for hydroxylation is 1. The minimum atomic E-state index is -1.08. The Hall–Kier alpha value is -1.52. The highest BCUT2D eigenvalue weighted by atomic mass is 16.7. The van der Waals surface area contributed by atoms with Crippen LogP contribution in [-0.4, -0.2) is 71.7 Å². The van der Waals surface area contributed by atoms with Crippen molar-refractivity contribution < 1.29 is 24.4 Å². The average Bonchev–Trinajstić information content (AvgIpc) is 2.73. The summed E-state index contributed by atoms with van der Waals surface area (Å²) < 4.78 is 15.6. The number of aromatic nitrogens is 2. The Morgan fingerprint density at radius 3 is 2.86 bits per heavy atom. The molecule has 1 aromatic heterocycles. The van der Waals surface area contributed by atoms with Crippen molar-refractivity contribution in [1.29, 1.82) is 0 Å². The lowest BCUT2D eigenvalue weighted by molar-refractivity contribution is -0.155. The van der Waals surface area contributed by atoms with Gasteiger partial charge in [0.05, 0.1) is 13.2 Å². The summed E-state index contributed by atoms with van der Waals surface area (Å²) >= 11 is 0. The number of nitrogens with zero attached hydrogens (tertiary/aromatic N) is 1. The fourth-order valence-electron chi connectivity index (χ4n) is 2.15. The van der Waals surface area contributed by atoms with Crippen molar-refractivity contribution in [2.24, 2.45) is 0 Å². The molecule has 9 nitrogen and oxygen atoms in total. The third-order valence-corrected chi connectivity index (χ3v) is 3.24. The molecule has 9 heteroatoms. The van der Waals surface area contributed by atoms with Gasteiger partial charge in [-0.1, -0.05) is 0 Å². The maximum atomic E-state index is 11.3. The Morgan fingerprint density at radius 2 is 2.23 bits per heavy atom. The highest BCUT2D eigenvalue weighted by Gasteiger charge is 2.42. The number of hydrogen-bond acceptors (Lipinski definition) is 8. The molecule has 0 saturated carbocycles. The lowest BCUT2D eigenvalue weighted by atomic mass is 10.1. The van der Waals surface area contributed by atoms with E-state index in [4.69, 9.17) is 14.2 Å². The molecule has 0 spiro atoms. The number of rotatable bonds is 7. The summed E-state index contributed by atoms with van der Waals surface area (Å²) in [4.78, 5) is 17.9. The van der Waals surface area contributed by atoms with Crippen LogP contribution in [0.4, 0.5) is 5.95 Å². The molecule has 0 unspecified atom stereocenters. The van der Waals surface area contributed by atoms with Crippen LogP contribution in [0.2, 0.25) is 0 Å². The van der Waals surface area contributed by atoms with Gasteiger partial charge in [-0.25, -0.2) is 4.98 Å². The van der Waals surface area contributed by atoms with E-state index < -0.39 is 24.6 Å². The van der Waals surface area contributed by atoms with Gasteiger partial charge in [-0.2, -0.15) is 0 Å². The first-order valence-electron chi connectivity index (χ1n) is 6.95. The van der Waals surface area contributed by atoms with E-state index in [1.807, 2.05) is 0 Å². The third kappa shape index (κ3) is 4.24. The van der Waals surface area contributed by atoms with Gasteiger partial charge in [-0.3, -0.25) is 9.78 Å². The molecule has 0 aliphatic carbocycles. The molecule has 4 N–H and O–H groups in total. The zero-order chi connectivity index (χ0) is 16.1. The maximum Gasteiger partial charge on any atom is 0.252 e. The summed E-state index contributed by atoms with van der Waals surface area (Å²) in [5.74, 6) is 0.376. The Balaban J connectivity index is 1.68. The molecule has 1 saturated heterocycles. The van der Waals surface area contributed by atoms with E-state index in [0.717, 1.165) is 0 Å². The van der Waals surface area contributed by atoms with Crippen LogP contribution in [0.1, 0.15) is 5.69 Å². The maximum absolute atomic E-state index is 11.3. The van der Waals surface area contributed by atoms with E-state index in [0.29, 0.717) is 24.8 Å². The van der Waals surface area contributed by atoms with E-state index in [1.165, 1.54) is 13.2 Å². The van der Waals surface area contributed by atoms with Crippen molar-refractivity contribution >= 4 is 5.95 Å². The van der Waals surface area contributed by atoms with Crippen LogP contribution in [0, 0.1) is 6.92 Å². The molecule has 0 bridgehead atoms. The van der Waals surface area contributed by atoms with Gasteiger partial charge >= 0.3 is 0 Å². The fourth-order valence-corrected chi connectivity index (χ4v) is 2.15. The molecule has 0 aromatic carbocycles. The Labute approximate surface area is 127 Å². The number of nitrogens with one attached hydrogen (secondary N) is 2. The van der Waals surface area contributed by atoms with Crippen LogP contribution >= 0.6 is 0 Å². The Bertz CT molecular complexity index is 537. The number of aliphatic hydroxyl groups excluding tert-OH is 2. The molecular formula is C13H21N3O6. The van der Waals surface area contributed by atoms with Crippen LogP contribution in [-0.2, 0) is 14.2 Å². The zero-order valence-electron chi connectivity index (χ0n) is 12.5. The van der Waals surface area contributed by atoms with Gasteiger partial charge in [-0.05, 0) is 6.92 Å². The van der Waals surface area contributed by atoms with Crippen molar-refractivity contribution in [2.75, 3.05) is 32.2 Å². The Kier molecular flexibility index (Phi) is 5.86. The number of methoxy groups -OCH3 is 1. The number of H-pyrrole nitrogens is 1. The Morgan fingerprint density at radius 1 is 1.45 bits per heavy atom. The number of aliphatic hydroxyl groups is 2. The predicted molar refractivity (Wildman–Crippen MR) is 76.6 cm³/mol. The van der Waals surface area contributed by atoms with Crippen LogP contribution < -0.4 is 10.9 Å². The van der Waals surface area contributed by atoms with Crippen LogP contribution in [0.25, 0.3) is 0 Å². The molecule has 0 radical (unpaired) electrons. The number of aromatic amines is 1. The lowest BCUT2D eigenvalue weighted by Crippen LogP contribution is -2.35. The summed E-state index contributed by atoms with van der Waals surface area (Å²) in [6, 6.07) is 1.40. The van der Waals surface area contributed by atoms with Gasteiger partial charge in [0.2, 0.25) is 5.95 Å². The normalized spacial score (nSPS) is 28.0. The highest BCUT2D eigenvalue weighted by Crippen LogP contribution is 2.21. The first-order chi connectivity index (χ1) is 10.5. The smallest absolute Gasteiger partial charge is 0.252 e. The van der Waals surface area contributed by atoms with Crippen molar-refractivity contribution in [2.45, 2.75) is 31.5 Å². The first kappa shape index (κ1) is 16.8. The quantitative estimate of drug-likeness (QED) is 0.453. The van der Waals surface area contributed by atoms with E-state index in [-0.39, 0.29) is 12.2 Å². The predicted octanol–water partition coefficient (Wildman–Crippen LogP) is -1.40. The largest absolute Gasteiger partial charge is 0.387 e. The molecule has 4 atom stereocenters. The second-order valence-electron chi connectivity index (χ2n) is 5.00. The average molecular weight is 315 g/mol. The molecule has 124 valence electrons. The standard InChI is InChI=1S/C13H21N3O6/c1-7-5-9(17)16-13(15-7)14-3-4-21-6-8-10(18)11(19)12(20-2)22-8/h5,8,10-12,18-19H,3-4,6H2,1-2H3,(H2,14,15,16,17)/t8-,10-,11-,12-/m1/s1. The zero-order valence-corrected chi connectivity index (χ0v) is 12.5. The van der Waals surface area contributed by atoms with Crippen LogP contribution in [0.15, 0.2) is 10.9 Å². The van der Waals surface area contributed by atoms with E-state index in [2.05, 4.69) is 15.3 Å². The molecule has 1 aliphatic rings. The van der Waals surface area contributed by atoms with Crippen molar-refractivity contribution in [3.8, 4) is 0 Å². The topological polar surface area (TPSA) is 126 Å². The van der Waals surface area contributed by atoms with E-state index in [9.17, 15) is 15.0 Å². The minimum Gasteiger partial charge on any atom is -0.387 e. The molecule has 2 heterocycles. The monoisotopic (exact) mass is 315 g/mol. The molecular weight excluding hydrogens is 294 g/mol. The molecule has 1 fully saturated rings. The minimum absolute atomic E-state index is 0.123. The molecule has 1 aliphatic heterocycles. The van der Waals surface area contributed by atoms with Gasteiger partial charge in [0.1, 0.15) is 18.3 Å². The van der Waals surface area contributed by atoms with Gasteiger partial charge in [0, 0.05) is 25.4 Å². The lowest BCUT2D eigenvalue weighted by Gasteiger charge is -2.14. The third-order valence-electron chi connectivity index (χ3n) is 3.24.